The molecule has 0 N–H and O–H groups in total. The number of alkyl halides is 6. The highest BCUT2D eigenvalue weighted by atomic mass is 19.4. The molecule has 0 saturated carbocycles. The number of oxazole rings is 2. The molecular weight excluding hydrogens is 454 g/mol. The molecule has 0 aliphatic rings. The van der Waals surface area contributed by atoms with E-state index in [4.69, 9.17) is 13.6 Å². The lowest BCUT2D eigenvalue weighted by Gasteiger charge is -2.09. The van der Waals surface area contributed by atoms with Crippen LogP contribution < -0.4 is 0 Å². The van der Waals surface area contributed by atoms with E-state index in [-0.39, 0.29) is 47.5 Å². The van der Waals surface area contributed by atoms with Crippen molar-refractivity contribution >= 4 is 0 Å². The highest BCUT2D eigenvalue weighted by molar-refractivity contribution is 5.60. The van der Waals surface area contributed by atoms with Gasteiger partial charge in [-0.1, -0.05) is 24.3 Å². The van der Waals surface area contributed by atoms with Gasteiger partial charge < -0.3 is 13.6 Å². The van der Waals surface area contributed by atoms with Gasteiger partial charge in [-0.05, 0) is 24.3 Å². The Morgan fingerprint density at radius 1 is 0.636 bits per heavy atom. The maximum Gasteiger partial charge on any atom is 0.417 e. The molecule has 2 heterocycles. The van der Waals surface area contributed by atoms with Crippen LogP contribution in [0.2, 0.25) is 0 Å². The first kappa shape index (κ1) is 22.6. The first-order valence-electron chi connectivity index (χ1n) is 9.42. The molecule has 33 heavy (non-hydrogen) atoms. The van der Waals surface area contributed by atoms with Gasteiger partial charge in [0.05, 0.1) is 24.3 Å². The summed E-state index contributed by atoms with van der Waals surface area (Å²) in [7, 11) is 0. The first-order chi connectivity index (χ1) is 15.6. The average Bonchev–Trinajstić information content (AvgIpc) is 3.43. The molecule has 0 bridgehead atoms. The van der Waals surface area contributed by atoms with Crippen molar-refractivity contribution in [3.05, 3.63) is 83.6 Å². The summed E-state index contributed by atoms with van der Waals surface area (Å²) in [4.78, 5) is 8.03. The summed E-state index contributed by atoms with van der Waals surface area (Å²) in [6.45, 7) is -0.252. The molecule has 0 fully saturated rings. The molecule has 0 spiro atoms. The zero-order valence-corrected chi connectivity index (χ0v) is 16.6. The second-order valence-electron chi connectivity index (χ2n) is 6.87. The van der Waals surface area contributed by atoms with Gasteiger partial charge in [-0.15, -0.1) is 0 Å². The summed E-state index contributed by atoms with van der Waals surface area (Å²) in [6, 6.07) is 9.73. The molecule has 0 radical (unpaired) electrons. The average molecular weight is 468 g/mol. The van der Waals surface area contributed by atoms with Crippen LogP contribution in [0.4, 0.5) is 26.3 Å². The minimum absolute atomic E-state index is 0.126. The van der Waals surface area contributed by atoms with Crippen molar-refractivity contribution in [3.63, 3.8) is 0 Å². The SMILES string of the molecule is FC(F)(F)c1ccccc1-c1nc(COCc2coc(-c3ccccc3C(F)(F)F)n2)co1. The number of aromatic nitrogens is 2. The highest BCUT2D eigenvalue weighted by Crippen LogP contribution is 2.37. The van der Waals surface area contributed by atoms with Gasteiger partial charge in [-0.2, -0.15) is 26.3 Å². The molecule has 0 atom stereocenters. The number of hydrogen-bond donors (Lipinski definition) is 0. The Bertz CT molecular complexity index is 1150. The Labute approximate surface area is 182 Å². The normalized spacial score (nSPS) is 12.3. The first-order valence-corrected chi connectivity index (χ1v) is 9.42. The molecule has 172 valence electrons. The fraction of sp³-hybridized carbons (Fsp3) is 0.182. The van der Waals surface area contributed by atoms with Crippen molar-refractivity contribution in [3.8, 4) is 22.9 Å². The smallest absolute Gasteiger partial charge is 0.417 e. The van der Waals surface area contributed by atoms with Crippen LogP contribution in [0.1, 0.15) is 22.5 Å². The van der Waals surface area contributed by atoms with Crippen molar-refractivity contribution in [1.29, 1.82) is 0 Å². The molecule has 4 rings (SSSR count). The summed E-state index contributed by atoms with van der Waals surface area (Å²) >= 11 is 0. The summed E-state index contributed by atoms with van der Waals surface area (Å²) in [6.07, 6.45) is -6.82. The summed E-state index contributed by atoms with van der Waals surface area (Å²) < 4.78 is 94.8. The molecule has 0 aliphatic heterocycles. The molecule has 5 nitrogen and oxygen atoms in total. The molecular formula is C22H14F6N2O3. The van der Waals surface area contributed by atoms with E-state index in [9.17, 15) is 26.3 Å². The van der Waals surface area contributed by atoms with Crippen LogP contribution in [0.5, 0.6) is 0 Å². The molecule has 2 aromatic carbocycles. The van der Waals surface area contributed by atoms with Crippen molar-refractivity contribution in [2.45, 2.75) is 25.6 Å². The third kappa shape index (κ3) is 5.08. The van der Waals surface area contributed by atoms with Crippen molar-refractivity contribution in [2.24, 2.45) is 0 Å². The Balaban J connectivity index is 1.42. The quantitative estimate of drug-likeness (QED) is 0.293. The van der Waals surface area contributed by atoms with Crippen LogP contribution in [0.25, 0.3) is 22.9 Å². The minimum Gasteiger partial charge on any atom is -0.444 e. The highest BCUT2D eigenvalue weighted by Gasteiger charge is 2.35. The van der Waals surface area contributed by atoms with Crippen LogP contribution in [0.3, 0.4) is 0 Å². The molecule has 0 saturated heterocycles. The lowest BCUT2D eigenvalue weighted by molar-refractivity contribution is -0.138. The Morgan fingerprint density at radius 2 is 1.03 bits per heavy atom. The summed E-state index contributed by atoms with van der Waals surface area (Å²) in [5.74, 6) is -0.428. The van der Waals surface area contributed by atoms with Crippen LogP contribution in [0.15, 0.2) is 69.9 Å². The molecule has 2 aromatic heterocycles. The Kier molecular flexibility index (Phi) is 5.98. The van der Waals surface area contributed by atoms with Crippen LogP contribution >= 0.6 is 0 Å². The van der Waals surface area contributed by atoms with Gasteiger partial charge in [-0.3, -0.25) is 0 Å². The Morgan fingerprint density at radius 3 is 1.42 bits per heavy atom. The van der Waals surface area contributed by atoms with E-state index in [0.717, 1.165) is 24.7 Å². The predicted molar refractivity (Wildman–Crippen MR) is 102 cm³/mol. The van der Waals surface area contributed by atoms with Gasteiger partial charge >= 0.3 is 12.4 Å². The molecule has 0 aliphatic carbocycles. The lowest BCUT2D eigenvalue weighted by atomic mass is 10.1. The number of halogens is 6. The van der Waals surface area contributed by atoms with Crippen molar-refractivity contribution in [2.75, 3.05) is 0 Å². The second kappa shape index (κ2) is 8.74. The minimum atomic E-state index is -4.57. The third-order valence-corrected chi connectivity index (χ3v) is 4.53. The largest absolute Gasteiger partial charge is 0.444 e. The fourth-order valence-electron chi connectivity index (χ4n) is 3.09. The number of nitrogens with zero attached hydrogens (tertiary/aromatic N) is 2. The van der Waals surface area contributed by atoms with E-state index >= 15 is 0 Å². The summed E-state index contributed by atoms with van der Waals surface area (Å²) in [5, 5.41) is 0. The number of hydrogen-bond acceptors (Lipinski definition) is 5. The lowest BCUT2D eigenvalue weighted by Crippen LogP contribution is -2.07. The van der Waals surface area contributed by atoms with E-state index < -0.39 is 23.5 Å². The van der Waals surface area contributed by atoms with Gasteiger partial charge in [0.1, 0.15) is 23.9 Å². The van der Waals surface area contributed by atoms with Crippen molar-refractivity contribution in [1.82, 2.24) is 9.97 Å². The zero-order valence-electron chi connectivity index (χ0n) is 16.6. The standard InChI is InChI=1S/C22H14F6N2O3/c23-21(24,25)17-7-3-1-5-15(17)19-29-13(11-32-19)9-31-10-14-12-33-20(30-14)16-6-2-4-8-18(16)22(26,27)28/h1-8,11-12H,9-10H2. The Hall–Kier alpha value is -3.60. The van der Waals surface area contributed by atoms with Gasteiger partial charge in [-0.25, -0.2) is 9.97 Å². The van der Waals surface area contributed by atoms with E-state index in [2.05, 4.69) is 9.97 Å². The maximum atomic E-state index is 13.2. The van der Waals surface area contributed by atoms with Gasteiger partial charge in [0, 0.05) is 11.1 Å². The predicted octanol–water partition coefficient (Wildman–Crippen LogP) is 6.75. The van der Waals surface area contributed by atoms with Gasteiger partial charge in [0.15, 0.2) is 0 Å². The van der Waals surface area contributed by atoms with Crippen LogP contribution in [-0.4, -0.2) is 9.97 Å². The fourth-order valence-corrected chi connectivity index (χ4v) is 3.09. The van der Waals surface area contributed by atoms with E-state index in [1.807, 2.05) is 0 Å². The van der Waals surface area contributed by atoms with E-state index in [1.165, 1.54) is 36.4 Å². The van der Waals surface area contributed by atoms with E-state index in [0.29, 0.717) is 0 Å². The second-order valence-corrected chi connectivity index (χ2v) is 6.87. The van der Waals surface area contributed by atoms with E-state index in [1.54, 1.807) is 0 Å². The molecule has 0 amide bonds. The number of benzene rings is 2. The molecule has 4 aromatic rings. The third-order valence-electron chi connectivity index (χ3n) is 4.53. The maximum absolute atomic E-state index is 13.2. The van der Waals surface area contributed by atoms with Gasteiger partial charge in [0.2, 0.25) is 11.8 Å². The van der Waals surface area contributed by atoms with Crippen LogP contribution in [-0.2, 0) is 30.3 Å². The topological polar surface area (TPSA) is 61.3 Å². The summed E-state index contributed by atoms with van der Waals surface area (Å²) in [5.41, 5.74) is -1.72. The van der Waals surface area contributed by atoms with Crippen molar-refractivity contribution < 1.29 is 39.9 Å². The number of ether oxygens (including phenoxy) is 1. The number of rotatable bonds is 6. The van der Waals surface area contributed by atoms with Gasteiger partial charge in [0.25, 0.3) is 0 Å². The van der Waals surface area contributed by atoms with Crippen LogP contribution in [0, 0.1) is 0 Å². The molecule has 0 unspecified atom stereocenters. The monoisotopic (exact) mass is 468 g/mol. The zero-order chi connectivity index (χ0) is 23.6. The molecule has 11 heteroatoms.